The lowest BCUT2D eigenvalue weighted by Crippen LogP contribution is -2.29. The number of phosphoric acid groups is 2. The van der Waals surface area contributed by atoms with Crippen LogP contribution in [-0.4, -0.2) is 82.1 Å². The van der Waals surface area contributed by atoms with Gasteiger partial charge in [-0.05, 0) is 96.3 Å². The number of ether oxygens (including phenoxy) is 2. The van der Waals surface area contributed by atoms with E-state index in [1.54, 1.807) is 0 Å². The molecule has 0 spiro atoms. The lowest BCUT2D eigenvalue weighted by molar-refractivity contribution is -0.161. The molecular formula is C44H74O14P2. The molecule has 0 aliphatic carbocycles. The van der Waals surface area contributed by atoms with Gasteiger partial charge in [-0.15, -0.1) is 0 Å². The lowest BCUT2D eigenvalue weighted by Gasteiger charge is -2.20. The first-order chi connectivity index (χ1) is 28.9. The van der Waals surface area contributed by atoms with Crippen molar-refractivity contribution in [1.82, 2.24) is 0 Å². The Morgan fingerprint density at radius 2 is 0.950 bits per heavy atom. The summed E-state index contributed by atoms with van der Waals surface area (Å²) in [6, 6.07) is 0. The van der Waals surface area contributed by atoms with Crippen LogP contribution in [0.2, 0.25) is 0 Å². The number of unbranched alkanes of at least 4 members (excludes halogenated alkanes) is 9. The van der Waals surface area contributed by atoms with Crippen LogP contribution < -0.4 is 0 Å². The van der Waals surface area contributed by atoms with Crippen LogP contribution in [0.5, 0.6) is 0 Å². The fraction of sp³-hybridized carbons (Fsp3) is 0.636. The van der Waals surface area contributed by atoms with Crippen LogP contribution in [0.15, 0.2) is 85.1 Å². The van der Waals surface area contributed by atoms with Crippen molar-refractivity contribution in [1.29, 1.82) is 0 Å². The maximum absolute atomic E-state index is 12.6. The van der Waals surface area contributed by atoms with Gasteiger partial charge in [0.05, 0.1) is 19.8 Å². The summed E-state index contributed by atoms with van der Waals surface area (Å²) in [5, 5.41) is 18.5. The molecule has 344 valence electrons. The van der Waals surface area contributed by atoms with Crippen molar-refractivity contribution < 1.29 is 66.7 Å². The minimum atomic E-state index is -4.88. The highest BCUT2D eigenvalue weighted by atomic mass is 31.2. The monoisotopic (exact) mass is 888 g/mol. The number of allylic oxidation sites excluding steroid dienone is 14. The molecule has 16 heteroatoms. The molecule has 14 nitrogen and oxygen atoms in total. The molecule has 0 radical (unpaired) electrons. The Bertz CT molecular complexity index is 1380. The van der Waals surface area contributed by atoms with Gasteiger partial charge in [0.25, 0.3) is 0 Å². The van der Waals surface area contributed by atoms with Gasteiger partial charge < -0.3 is 34.4 Å². The minimum absolute atomic E-state index is 0.0328. The van der Waals surface area contributed by atoms with Gasteiger partial charge in [0.15, 0.2) is 6.10 Å². The SMILES string of the molecule is CCCCC/C=C\C/C=C\C/C=C\CCCCC(=O)OC[C@H](COP(=O)(O)OC[C@@H](O)COP(=O)(O)O)OC(=O)CCC/C=C\C/C=C\C/C=C\C/C=C\CCCCCO. The standard InChI is InChI=1S/C44H74O14P2/c1-2-3-4-5-6-7-8-9-13-16-19-22-25-28-31-34-43(47)54-39-42(40-57-60(52,53)56-38-41(46)37-55-59(49,50)51)58-44(48)35-32-29-26-23-20-17-14-11-10-12-15-18-21-24-27-30-33-36-45/h6-7,9-10,12-14,17-19,21-23,26,41-42,45-46H,2-5,8,11,15-16,20,24-25,27-40H2,1H3,(H,52,53)(H2,49,50,51)/b7-6-,12-10-,13-9-,17-14-,21-18-,22-19-,26-23-/t41-,42+/m0/s1. The second-order valence-electron chi connectivity index (χ2n) is 14.0. The molecule has 0 bridgehead atoms. The molecule has 0 aromatic heterocycles. The molecule has 1 unspecified atom stereocenters. The van der Waals surface area contributed by atoms with Gasteiger partial charge in [-0.1, -0.05) is 111 Å². The minimum Gasteiger partial charge on any atom is -0.462 e. The molecule has 0 saturated carbocycles. The zero-order valence-electron chi connectivity index (χ0n) is 35.7. The van der Waals surface area contributed by atoms with Gasteiger partial charge in [-0.3, -0.25) is 23.2 Å². The first-order valence-corrected chi connectivity index (χ1v) is 24.4. The quantitative estimate of drug-likeness (QED) is 0.0168. The third-order valence-corrected chi connectivity index (χ3v) is 9.74. The van der Waals surface area contributed by atoms with E-state index in [9.17, 15) is 28.7 Å². The number of aliphatic hydroxyl groups excluding tert-OH is 2. The molecule has 0 amide bonds. The first kappa shape index (κ1) is 57.3. The molecular weight excluding hydrogens is 814 g/mol. The van der Waals surface area contributed by atoms with Crippen molar-refractivity contribution >= 4 is 27.6 Å². The number of carbonyl (C=O) groups is 2. The zero-order chi connectivity index (χ0) is 44.4. The van der Waals surface area contributed by atoms with Gasteiger partial charge in [0.1, 0.15) is 12.7 Å². The molecule has 0 aromatic rings. The molecule has 60 heavy (non-hydrogen) atoms. The summed E-state index contributed by atoms with van der Waals surface area (Å²) >= 11 is 0. The second kappa shape index (κ2) is 40.3. The van der Waals surface area contributed by atoms with Crippen molar-refractivity contribution in [2.45, 2.75) is 148 Å². The van der Waals surface area contributed by atoms with Gasteiger partial charge in [0.2, 0.25) is 0 Å². The Hall–Kier alpha value is -2.74. The summed E-state index contributed by atoms with van der Waals surface area (Å²) in [6.45, 7) is -0.395. The van der Waals surface area contributed by atoms with Crippen LogP contribution in [0, 0.1) is 0 Å². The summed E-state index contributed by atoms with van der Waals surface area (Å²) in [7, 11) is -9.72. The third kappa shape index (κ3) is 43.4. The summed E-state index contributed by atoms with van der Waals surface area (Å²) in [5.74, 6) is -1.16. The molecule has 5 N–H and O–H groups in total. The smallest absolute Gasteiger partial charge is 0.462 e. The van der Waals surface area contributed by atoms with Gasteiger partial charge in [-0.2, -0.15) is 0 Å². The number of hydrogen-bond donors (Lipinski definition) is 5. The van der Waals surface area contributed by atoms with Crippen LogP contribution in [0.4, 0.5) is 0 Å². The molecule has 0 heterocycles. The van der Waals surface area contributed by atoms with Crippen LogP contribution in [-0.2, 0) is 41.8 Å². The summed E-state index contributed by atoms with van der Waals surface area (Å²) in [5.41, 5.74) is 0. The predicted molar refractivity (Wildman–Crippen MR) is 236 cm³/mol. The molecule has 0 aromatic carbocycles. The van der Waals surface area contributed by atoms with Crippen LogP contribution in [0.3, 0.4) is 0 Å². The van der Waals surface area contributed by atoms with E-state index >= 15 is 0 Å². The molecule has 0 aliphatic rings. The largest absolute Gasteiger partial charge is 0.472 e. The van der Waals surface area contributed by atoms with Crippen molar-refractivity contribution in [3.63, 3.8) is 0 Å². The average molecular weight is 889 g/mol. The molecule has 0 fully saturated rings. The maximum Gasteiger partial charge on any atom is 0.472 e. The van der Waals surface area contributed by atoms with Crippen molar-refractivity contribution in [2.24, 2.45) is 0 Å². The second-order valence-corrected chi connectivity index (χ2v) is 16.7. The van der Waals surface area contributed by atoms with E-state index in [0.717, 1.165) is 77.0 Å². The van der Waals surface area contributed by atoms with E-state index in [1.807, 2.05) is 12.2 Å². The first-order valence-electron chi connectivity index (χ1n) is 21.4. The van der Waals surface area contributed by atoms with Crippen LogP contribution in [0.25, 0.3) is 0 Å². The number of aliphatic hydroxyl groups is 2. The van der Waals surface area contributed by atoms with E-state index in [-0.39, 0.29) is 19.4 Å². The number of esters is 2. The normalized spacial score (nSPS) is 14.8. The fourth-order valence-corrected chi connectivity index (χ4v) is 6.19. The topological polar surface area (TPSA) is 216 Å². The third-order valence-electron chi connectivity index (χ3n) is 8.30. The maximum atomic E-state index is 12.6. The van der Waals surface area contributed by atoms with E-state index < -0.39 is 66.2 Å². The average Bonchev–Trinajstić information content (AvgIpc) is 3.21. The summed E-state index contributed by atoms with van der Waals surface area (Å²) in [6.07, 6.45) is 43.1. The van der Waals surface area contributed by atoms with Crippen LogP contribution >= 0.6 is 15.6 Å². The fourth-order valence-electron chi connectivity index (χ4n) is 5.03. The Balaban J connectivity index is 4.70. The summed E-state index contributed by atoms with van der Waals surface area (Å²) < 4.78 is 47.6. The highest BCUT2D eigenvalue weighted by molar-refractivity contribution is 7.47. The van der Waals surface area contributed by atoms with Gasteiger partial charge in [0, 0.05) is 19.4 Å². The zero-order valence-corrected chi connectivity index (χ0v) is 37.5. The van der Waals surface area contributed by atoms with Crippen LogP contribution in [0.1, 0.15) is 135 Å². The lowest BCUT2D eigenvalue weighted by atomic mass is 10.1. The number of phosphoric ester groups is 2. The Kier molecular flexibility index (Phi) is 38.5. The van der Waals surface area contributed by atoms with Crippen molar-refractivity contribution in [3.8, 4) is 0 Å². The molecule has 0 rings (SSSR count). The van der Waals surface area contributed by atoms with Gasteiger partial charge >= 0.3 is 27.6 Å². The van der Waals surface area contributed by atoms with E-state index in [1.165, 1.54) is 19.3 Å². The predicted octanol–water partition coefficient (Wildman–Crippen LogP) is 9.75. The van der Waals surface area contributed by atoms with E-state index in [2.05, 4.69) is 88.9 Å². The Morgan fingerprint density at radius 3 is 1.45 bits per heavy atom. The molecule has 3 atom stereocenters. The number of hydrogen-bond acceptors (Lipinski definition) is 11. The van der Waals surface area contributed by atoms with Gasteiger partial charge in [-0.25, -0.2) is 9.13 Å². The highest BCUT2D eigenvalue weighted by Crippen LogP contribution is 2.43. The molecule has 0 saturated heterocycles. The van der Waals surface area contributed by atoms with E-state index in [4.69, 9.17) is 28.9 Å². The number of carbonyl (C=O) groups excluding carboxylic acids is 2. The summed E-state index contributed by atoms with van der Waals surface area (Å²) in [4.78, 5) is 52.6. The Labute approximate surface area is 359 Å². The van der Waals surface area contributed by atoms with Crippen molar-refractivity contribution in [3.05, 3.63) is 85.1 Å². The molecule has 0 aliphatic heterocycles. The Morgan fingerprint density at radius 1 is 0.517 bits per heavy atom. The van der Waals surface area contributed by atoms with E-state index in [0.29, 0.717) is 19.3 Å². The highest BCUT2D eigenvalue weighted by Gasteiger charge is 2.28. The number of rotatable bonds is 40. The van der Waals surface area contributed by atoms with Crippen molar-refractivity contribution in [2.75, 3.05) is 33.0 Å².